The minimum Gasteiger partial charge on any atom is -0.478 e. The minimum absolute atomic E-state index is 0.0844. The molecule has 0 radical (unpaired) electrons. The second-order valence-electron chi connectivity index (χ2n) is 5.16. The van der Waals surface area contributed by atoms with Crippen molar-refractivity contribution in [3.63, 3.8) is 0 Å². The molecule has 2 amide bonds. The first kappa shape index (κ1) is 14.1. The standard InChI is InChI=1S/C17H16N2O3/c20-16(21)13-8-2-3-9-14(13)18-17(22)19-11-5-7-12-6-1-4-10-15(12)19/h1-4,6,8-10H,5,7,11H2,(H,18,22)(H,20,21). The lowest BCUT2D eigenvalue weighted by Crippen LogP contribution is -2.38. The van der Waals surface area contributed by atoms with Gasteiger partial charge in [0.1, 0.15) is 0 Å². The van der Waals surface area contributed by atoms with Crippen LogP contribution in [0, 0.1) is 0 Å². The van der Waals surface area contributed by atoms with Gasteiger partial charge in [-0.25, -0.2) is 9.59 Å². The molecule has 5 nitrogen and oxygen atoms in total. The fourth-order valence-corrected chi connectivity index (χ4v) is 2.71. The van der Waals surface area contributed by atoms with E-state index in [-0.39, 0.29) is 11.6 Å². The molecule has 5 heteroatoms. The number of anilines is 2. The van der Waals surface area contributed by atoms with Crippen molar-refractivity contribution < 1.29 is 14.7 Å². The van der Waals surface area contributed by atoms with Crippen molar-refractivity contribution in [2.45, 2.75) is 12.8 Å². The van der Waals surface area contributed by atoms with Crippen molar-refractivity contribution in [2.24, 2.45) is 0 Å². The van der Waals surface area contributed by atoms with E-state index in [0.717, 1.165) is 24.1 Å². The van der Waals surface area contributed by atoms with Gasteiger partial charge in [-0.15, -0.1) is 0 Å². The van der Waals surface area contributed by atoms with Gasteiger partial charge in [-0.1, -0.05) is 30.3 Å². The maximum absolute atomic E-state index is 12.5. The van der Waals surface area contributed by atoms with Crippen molar-refractivity contribution in [1.29, 1.82) is 0 Å². The van der Waals surface area contributed by atoms with Crippen molar-refractivity contribution in [1.82, 2.24) is 0 Å². The van der Waals surface area contributed by atoms with Crippen LogP contribution in [-0.4, -0.2) is 23.7 Å². The first-order chi connectivity index (χ1) is 10.7. The highest BCUT2D eigenvalue weighted by atomic mass is 16.4. The first-order valence-corrected chi connectivity index (χ1v) is 7.15. The van der Waals surface area contributed by atoms with Gasteiger partial charge in [-0.05, 0) is 36.6 Å². The number of hydrogen-bond donors (Lipinski definition) is 2. The summed E-state index contributed by atoms with van der Waals surface area (Å²) in [6.45, 7) is 0.623. The Morgan fingerprint density at radius 1 is 1.05 bits per heavy atom. The summed E-state index contributed by atoms with van der Waals surface area (Å²) in [5.41, 5.74) is 2.42. The van der Waals surface area contributed by atoms with Crippen LogP contribution in [0.2, 0.25) is 0 Å². The third-order valence-electron chi connectivity index (χ3n) is 3.75. The van der Waals surface area contributed by atoms with Crippen LogP contribution in [0.15, 0.2) is 48.5 Å². The van der Waals surface area contributed by atoms with Crippen LogP contribution in [0.3, 0.4) is 0 Å². The fourth-order valence-electron chi connectivity index (χ4n) is 2.71. The Morgan fingerprint density at radius 2 is 1.77 bits per heavy atom. The molecule has 0 unspecified atom stereocenters. The number of urea groups is 1. The molecule has 0 atom stereocenters. The molecule has 1 aliphatic heterocycles. The predicted molar refractivity (Wildman–Crippen MR) is 84.5 cm³/mol. The molecule has 0 fully saturated rings. The molecule has 0 aliphatic carbocycles. The number of rotatable bonds is 2. The van der Waals surface area contributed by atoms with Gasteiger partial charge in [0.25, 0.3) is 0 Å². The third kappa shape index (κ3) is 2.65. The van der Waals surface area contributed by atoms with E-state index in [4.69, 9.17) is 0 Å². The number of nitrogens with one attached hydrogen (secondary N) is 1. The van der Waals surface area contributed by atoms with Gasteiger partial charge < -0.3 is 10.4 Å². The SMILES string of the molecule is O=C(O)c1ccccc1NC(=O)N1CCCc2ccccc21. The number of aromatic carboxylic acids is 1. The molecule has 1 heterocycles. The van der Waals surface area contributed by atoms with Crippen LogP contribution >= 0.6 is 0 Å². The highest BCUT2D eigenvalue weighted by molar-refractivity contribution is 6.06. The Bertz CT molecular complexity index is 727. The van der Waals surface area contributed by atoms with Crippen molar-refractivity contribution in [3.05, 3.63) is 59.7 Å². The summed E-state index contributed by atoms with van der Waals surface area (Å²) in [7, 11) is 0. The molecule has 0 aromatic heterocycles. The third-order valence-corrected chi connectivity index (χ3v) is 3.75. The highest BCUT2D eigenvalue weighted by Crippen LogP contribution is 2.27. The summed E-state index contributed by atoms with van der Waals surface area (Å²) in [5.74, 6) is -1.06. The average Bonchev–Trinajstić information content (AvgIpc) is 2.54. The lowest BCUT2D eigenvalue weighted by atomic mass is 10.0. The predicted octanol–water partition coefficient (Wildman–Crippen LogP) is 3.37. The van der Waals surface area contributed by atoms with E-state index in [2.05, 4.69) is 5.32 Å². The van der Waals surface area contributed by atoms with Gasteiger partial charge in [0.2, 0.25) is 0 Å². The van der Waals surface area contributed by atoms with Crippen LogP contribution in [0.25, 0.3) is 0 Å². The molecule has 0 spiro atoms. The number of hydrogen-bond acceptors (Lipinski definition) is 2. The molecule has 3 rings (SSSR count). The maximum Gasteiger partial charge on any atom is 0.337 e. The van der Waals surface area contributed by atoms with Crippen LogP contribution in [0.4, 0.5) is 16.2 Å². The summed E-state index contributed by atoms with van der Waals surface area (Å²) in [6.07, 6.45) is 1.84. The molecule has 1 aliphatic rings. The highest BCUT2D eigenvalue weighted by Gasteiger charge is 2.23. The van der Waals surface area contributed by atoms with E-state index < -0.39 is 5.97 Å². The van der Waals surface area contributed by atoms with Crippen molar-refractivity contribution >= 4 is 23.4 Å². The van der Waals surface area contributed by atoms with E-state index in [1.807, 2.05) is 24.3 Å². The van der Waals surface area contributed by atoms with Crippen LogP contribution in [0.5, 0.6) is 0 Å². The number of fused-ring (bicyclic) bond motifs is 1. The zero-order chi connectivity index (χ0) is 15.5. The second-order valence-corrected chi connectivity index (χ2v) is 5.16. The minimum atomic E-state index is -1.06. The molecule has 0 saturated carbocycles. The van der Waals surface area contributed by atoms with Gasteiger partial charge in [-0.2, -0.15) is 0 Å². The van der Waals surface area contributed by atoms with E-state index in [1.54, 1.807) is 23.1 Å². The monoisotopic (exact) mass is 296 g/mol. The Balaban J connectivity index is 1.86. The number of carbonyl (C=O) groups is 2. The van der Waals surface area contributed by atoms with Gasteiger partial charge >= 0.3 is 12.0 Å². The van der Waals surface area contributed by atoms with Crippen molar-refractivity contribution in [3.8, 4) is 0 Å². The Hall–Kier alpha value is -2.82. The number of amides is 2. The summed E-state index contributed by atoms with van der Waals surface area (Å²) in [5, 5.41) is 11.9. The number of carboxylic acids is 1. The van der Waals surface area contributed by atoms with E-state index in [0.29, 0.717) is 12.2 Å². The number of nitrogens with zero attached hydrogens (tertiary/aromatic N) is 1. The quantitative estimate of drug-likeness (QED) is 0.892. The molecule has 2 N–H and O–H groups in total. The topological polar surface area (TPSA) is 69.6 Å². The molecule has 0 bridgehead atoms. The lowest BCUT2D eigenvalue weighted by molar-refractivity contribution is 0.0698. The smallest absolute Gasteiger partial charge is 0.337 e. The van der Waals surface area contributed by atoms with Gasteiger partial charge in [0.15, 0.2) is 0 Å². The summed E-state index contributed by atoms with van der Waals surface area (Å²) in [6, 6.07) is 13.9. The number of carbonyl (C=O) groups excluding carboxylic acids is 1. The van der Waals surface area contributed by atoms with Gasteiger partial charge in [0.05, 0.1) is 11.3 Å². The molecule has 22 heavy (non-hydrogen) atoms. The maximum atomic E-state index is 12.5. The van der Waals surface area contributed by atoms with E-state index >= 15 is 0 Å². The van der Waals surface area contributed by atoms with Crippen LogP contribution in [0.1, 0.15) is 22.3 Å². The normalized spacial score (nSPS) is 13.4. The number of benzene rings is 2. The summed E-state index contributed by atoms with van der Waals surface area (Å²) < 4.78 is 0. The zero-order valence-electron chi connectivity index (χ0n) is 12.0. The lowest BCUT2D eigenvalue weighted by Gasteiger charge is -2.29. The number of carboxylic acid groups (broad SMARTS) is 1. The molecule has 112 valence electrons. The molecule has 2 aromatic carbocycles. The first-order valence-electron chi connectivity index (χ1n) is 7.15. The number of aryl methyl sites for hydroxylation is 1. The fraction of sp³-hybridized carbons (Fsp3) is 0.176. The summed E-state index contributed by atoms with van der Waals surface area (Å²) >= 11 is 0. The van der Waals surface area contributed by atoms with Crippen LogP contribution in [-0.2, 0) is 6.42 Å². The van der Waals surface area contributed by atoms with Gasteiger partial charge in [-0.3, -0.25) is 4.90 Å². The largest absolute Gasteiger partial charge is 0.478 e. The van der Waals surface area contributed by atoms with Gasteiger partial charge in [0, 0.05) is 12.2 Å². The van der Waals surface area contributed by atoms with Crippen molar-refractivity contribution in [2.75, 3.05) is 16.8 Å². The average molecular weight is 296 g/mol. The molecule has 0 saturated heterocycles. The Labute approximate surface area is 128 Å². The second kappa shape index (κ2) is 5.89. The molecule has 2 aromatic rings. The summed E-state index contributed by atoms with van der Waals surface area (Å²) in [4.78, 5) is 25.4. The zero-order valence-corrected chi connectivity index (χ0v) is 12.0. The molecular weight excluding hydrogens is 280 g/mol. The number of para-hydroxylation sites is 2. The Kier molecular flexibility index (Phi) is 3.78. The molecular formula is C17H16N2O3. The Morgan fingerprint density at radius 3 is 2.59 bits per heavy atom. The van der Waals surface area contributed by atoms with E-state index in [1.165, 1.54) is 6.07 Å². The van der Waals surface area contributed by atoms with Crippen LogP contribution < -0.4 is 10.2 Å². The van der Waals surface area contributed by atoms with E-state index in [9.17, 15) is 14.7 Å².